The van der Waals surface area contributed by atoms with Crippen LogP contribution in [0.25, 0.3) is 11.4 Å². The molecule has 3 aromatic rings. The molecule has 1 saturated heterocycles. The molecule has 1 atom stereocenters. The number of carbonyl (C=O) groups is 1. The molecule has 0 radical (unpaired) electrons. The van der Waals surface area contributed by atoms with Gasteiger partial charge in [0.25, 0.3) is 5.89 Å². The molecule has 1 aliphatic rings. The lowest BCUT2D eigenvalue weighted by Crippen LogP contribution is -2.23. The Hall–Kier alpha value is -3.14. The van der Waals surface area contributed by atoms with Crippen molar-refractivity contribution in [1.29, 1.82) is 0 Å². The summed E-state index contributed by atoms with van der Waals surface area (Å²) in [5, 5.41) is 10.6. The monoisotopic (exact) mass is 384 g/mol. The molecule has 1 unspecified atom stereocenters. The van der Waals surface area contributed by atoms with Crippen molar-refractivity contribution in [3.8, 4) is 11.4 Å². The number of carbonyl (C=O) groups excluding carboxylic acids is 1. The van der Waals surface area contributed by atoms with Crippen molar-refractivity contribution >= 4 is 5.91 Å². The fourth-order valence-electron chi connectivity index (χ4n) is 2.88. The second kappa shape index (κ2) is 8.70. The highest BCUT2D eigenvalue weighted by molar-refractivity contribution is 5.75. The quantitative estimate of drug-likeness (QED) is 0.620. The normalized spacial score (nSPS) is 16.4. The smallest absolute Gasteiger partial charge is 0.255 e. The van der Waals surface area contributed by atoms with Crippen LogP contribution in [0.1, 0.15) is 49.4 Å². The average Bonchev–Trinajstić information content (AvgIpc) is 3.48. The summed E-state index contributed by atoms with van der Waals surface area (Å²) < 4.78 is 15.9. The lowest BCUT2D eigenvalue weighted by molar-refractivity contribution is -0.121. The summed E-state index contributed by atoms with van der Waals surface area (Å²) in [5.74, 6) is 1.80. The Balaban J connectivity index is 1.18. The summed E-state index contributed by atoms with van der Waals surface area (Å²) in [6.07, 6.45) is 6.55. The maximum absolute atomic E-state index is 12.0. The molecule has 3 aromatic heterocycles. The number of pyridine rings is 1. The largest absolute Gasteiger partial charge is 0.368 e. The van der Waals surface area contributed by atoms with Gasteiger partial charge in [-0.2, -0.15) is 9.97 Å². The number of nitrogens with zero attached hydrogens (tertiary/aromatic N) is 5. The second-order valence-corrected chi connectivity index (χ2v) is 6.43. The van der Waals surface area contributed by atoms with Crippen molar-refractivity contribution in [2.45, 2.75) is 44.8 Å². The predicted octanol–water partition coefficient (Wildman–Crippen LogP) is 2.01. The van der Waals surface area contributed by atoms with Crippen LogP contribution in [-0.2, 0) is 22.5 Å². The zero-order valence-corrected chi connectivity index (χ0v) is 15.2. The topological polar surface area (TPSA) is 129 Å². The number of hydrogen-bond acceptors (Lipinski definition) is 9. The first-order valence-electron chi connectivity index (χ1n) is 9.22. The van der Waals surface area contributed by atoms with Crippen molar-refractivity contribution in [2.75, 3.05) is 6.61 Å². The minimum Gasteiger partial charge on any atom is -0.368 e. The van der Waals surface area contributed by atoms with E-state index >= 15 is 0 Å². The third-order valence-corrected chi connectivity index (χ3v) is 4.31. The van der Waals surface area contributed by atoms with Gasteiger partial charge in [0.1, 0.15) is 6.10 Å². The Kier molecular flexibility index (Phi) is 5.66. The van der Waals surface area contributed by atoms with Gasteiger partial charge in [-0.15, -0.1) is 0 Å². The third kappa shape index (κ3) is 4.58. The van der Waals surface area contributed by atoms with Crippen LogP contribution < -0.4 is 5.32 Å². The van der Waals surface area contributed by atoms with Gasteiger partial charge in [0.15, 0.2) is 5.82 Å². The third-order valence-electron chi connectivity index (χ3n) is 4.31. The number of aromatic nitrogens is 5. The molecular formula is C18H20N6O4. The molecule has 0 aliphatic carbocycles. The molecule has 0 aromatic carbocycles. The van der Waals surface area contributed by atoms with E-state index in [0.29, 0.717) is 49.3 Å². The van der Waals surface area contributed by atoms with Gasteiger partial charge in [-0.3, -0.25) is 9.78 Å². The molecule has 28 heavy (non-hydrogen) atoms. The number of amides is 1. The van der Waals surface area contributed by atoms with Crippen molar-refractivity contribution in [3.63, 3.8) is 0 Å². The summed E-state index contributed by atoms with van der Waals surface area (Å²) in [7, 11) is 0. The molecule has 0 spiro atoms. The van der Waals surface area contributed by atoms with E-state index in [2.05, 4.69) is 30.6 Å². The van der Waals surface area contributed by atoms with Crippen LogP contribution in [-0.4, -0.2) is 37.8 Å². The van der Waals surface area contributed by atoms with Gasteiger partial charge in [-0.05, 0) is 31.4 Å². The molecule has 10 heteroatoms. The number of aryl methyl sites for hydroxylation is 1. The van der Waals surface area contributed by atoms with Gasteiger partial charge >= 0.3 is 0 Å². The zero-order valence-electron chi connectivity index (χ0n) is 15.2. The van der Waals surface area contributed by atoms with Crippen LogP contribution in [0.4, 0.5) is 0 Å². The van der Waals surface area contributed by atoms with Gasteiger partial charge < -0.3 is 19.1 Å². The highest BCUT2D eigenvalue weighted by atomic mass is 16.5. The van der Waals surface area contributed by atoms with Crippen LogP contribution in [0.2, 0.25) is 0 Å². The van der Waals surface area contributed by atoms with Gasteiger partial charge in [0.05, 0.1) is 6.54 Å². The van der Waals surface area contributed by atoms with Gasteiger partial charge in [-0.25, -0.2) is 0 Å². The number of ether oxygens (including phenoxy) is 1. The van der Waals surface area contributed by atoms with Crippen molar-refractivity contribution in [1.82, 2.24) is 30.6 Å². The van der Waals surface area contributed by atoms with E-state index in [-0.39, 0.29) is 18.6 Å². The average molecular weight is 384 g/mol. The van der Waals surface area contributed by atoms with E-state index in [0.717, 1.165) is 18.4 Å². The van der Waals surface area contributed by atoms with Crippen LogP contribution in [0.3, 0.4) is 0 Å². The molecule has 1 N–H and O–H groups in total. The van der Waals surface area contributed by atoms with Crippen LogP contribution in [0.15, 0.2) is 33.6 Å². The highest BCUT2D eigenvalue weighted by Crippen LogP contribution is 2.26. The molecular weight excluding hydrogens is 364 g/mol. The lowest BCUT2D eigenvalue weighted by atomic mass is 10.2. The predicted molar refractivity (Wildman–Crippen MR) is 94.5 cm³/mol. The Labute approximate surface area is 160 Å². The van der Waals surface area contributed by atoms with Crippen molar-refractivity contribution < 1.29 is 18.6 Å². The van der Waals surface area contributed by atoms with E-state index in [9.17, 15) is 4.79 Å². The molecule has 4 heterocycles. The first-order valence-corrected chi connectivity index (χ1v) is 9.22. The Bertz CT molecular complexity index is 904. The number of hydrogen-bond donors (Lipinski definition) is 1. The summed E-state index contributed by atoms with van der Waals surface area (Å²) in [4.78, 5) is 24.6. The Morgan fingerprint density at radius 1 is 1.25 bits per heavy atom. The fraction of sp³-hybridized carbons (Fsp3) is 0.444. The van der Waals surface area contributed by atoms with E-state index in [1.54, 1.807) is 12.4 Å². The Morgan fingerprint density at radius 3 is 3.04 bits per heavy atom. The first-order chi connectivity index (χ1) is 13.8. The standard InChI is InChI=1S/C18H20N6O4/c25-15(20-11-14-21-18(28-23-14)13-5-3-9-26-13)6-1-7-16-22-17(24-27-16)12-4-2-8-19-10-12/h2,4,8,10,13H,1,3,5-7,9,11H2,(H,20,25). The molecule has 0 bridgehead atoms. The van der Waals surface area contributed by atoms with E-state index in [1.807, 2.05) is 12.1 Å². The van der Waals surface area contributed by atoms with E-state index < -0.39 is 0 Å². The molecule has 146 valence electrons. The van der Waals surface area contributed by atoms with Crippen LogP contribution in [0.5, 0.6) is 0 Å². The SMILES string of the molecule is O=C(CCCc1nc(-c2cccnc2)no1)NCc1noc(C2CCCO2)n1. The number of rotatable bonds is 8. The minimum absolute atomic E-state index is 0.101. The van der Waals surface area contributed by atoms with Gasteiger partial charge in [0.2, 0.25) is 17.6 Å². The minimum atomic E-state index is -0.122. The van der Waals surface area contributed by atoms with Gasteiger partial charge in [0, 0.05) is 37.4 Å². The molecule has 1 amide bonds. The first kappa shape index (κ1) is 18.2. The van der Waals surface area contributed by atoms with E-state index in [1.165, 1.54) is 0 Å². The van der Waals surface area contributed by atoms with Crippen LogP contribution >= 0.6 is 0 Å². The maximum atomic E-state index is 12.0. The van der Waals surface area contributed by atoms with Crippen molar-refractivity contribution in [2.24, 2.45) is 0 Å². The summed E-state index contributed by atoms with van der Waals surface area (Å²) >= 11 is 0. The van der Waals surface area contributed by atoms with E-state index in [4.69, 9.17) is 13.8 Å². The maximum Gasteiger partial charge on any atom is 0.255 e. The number of nitrogens with one attached hydrogen (secondary N) is 1. The van der Waals surface area contributed by atoms with Gasteiger partial charge in [-0.1, -0.05) is 10.3 Å². The fourth-order valence-corrected chi connectivity index (χ4v) is 2.88. The molecule has 0 saturated carbocycles. The van der Waals surface area contributed by atoms with Crippen LogP contribution in [0, 0.1) is 0 Å². The molecule has 1 fully saturated rings. The molecule has 10 nitrogen and oxygen atoms in total. The zero-order chi connectivity index (χ0) is 19.2. The summed E-state index contributed by atoms with van der Waals surface area (Å²) in [5.41, 5.74) is 0.790. The lowest BCUT2D eigenvalue weighted by Gasteiger charge is -2.02. The second-order valence-electron chi connectivity index (χ2n) is 6.43. The highest BCUT2D eigenvalue weighted by Gasteiger charge is 2.23. The van der Waals surface area contributed by atoms with Crippen molar-refractivity contribution in [3.05, 3.63) is 42.1 Å². The molecule has 1 aliphatic heterocycles. The molecule has 4 rings (SSSR count). The summed E-state index contributed by atoms with van der Waals surface area (Å²) in [6, 6.07) is 3.67. The summed E-state index contributed by atoms with van der Waals surface area (Å²) in [6.45, 7) is 0.934. The Morgan fingerprint density at radius 2 is 2.21 bits per heavy atom.